The van der Waals surface area contributed by atoms with Crippen LogP contribution in [0.15, 0.2) is 60.7 Å². The summed E-state index contributed by atoms with van der Waals surface area (Å²) in [4.78, 5) is 0. The summed E-state index contributed by atoms with van der Waals surface area (Å²) >= 11 is 1.29. The van der Waals surface area contributed by atoms with Gasteiger partial charge in [-0.3, -0.25) is 0 Å². The molecule has 4 aromatic rings. The van der Waals surface area contributed by atoms with E-state index < -0.39 is 0 Å². The number of fused-ring (bicyclic) bond motifs is 1. The molecule has 0 saturated heterocycles. The number of hydrogen-bond acceptors (Lipinski definition) is 3. The smallest absolute Gasteiger partial charge is 0.113 e. The summed E-state index contributed by atoms with van der Waals surface area (Å²) in [6.07, 6.45) is 1.16. The zero-order valence-corrected chi connectivity index (χ0v) is 17.8. The summed E-state index contributed by atoms with van der Waals surface area (Å²) in [7, 11) is 0. The molecule has 0 spiro atoms. The van der Waals surface area contributed by atoms with E-state index in [0.29, 0.717) is 11.8 Å². The average Bonchev–Trinajstić information content (AvgIpc) is 3.22. The second-order valence-corrected chi connectivity index (χ2v) is 8.36. The summed E-state index contributed by atoms with van der Waals surface area (Å²) in [6.45, 7) is 8.95. The first-order valence-corrected chi connectivity index (χ1v) is 10.8. The minimum Gasteiger partial charge on any atom is -0.172 e. The molecule has 0 saturated carbocycles. The van der Waals surface area contributed by atoms with E-state index in [1.54, 1.807) is 0 Å². The lowest BCUT2D eigenvalue weighted by Gasteiger charge is -2.11. The first kappa shape index (κ1) is 18.8. The number of aromatic nitrogens is 2. The van der Waals surface area contributed by atoms with Crippen LogP contribution in [-0.4, -0.2) is 8.75 Å². The Bertz CT molecular complexity index is 1080. The molecular formula is C25H26N2S. The maximum absolute atomic E-state index is 4.63. The third-order valence-electron chi connectivity index (χ3n) is 5.71. The van der Waals surface area contributed by atoms with E-state index in [9.17, 15) is 0 Å². The fourth-order valence-corrected chi connectivity index (χ4v) is 4.18. The zero-order valence-electron chi connectivity index (χ0n) is 16.9. The monoisotopic (exact) mass is 386 g/mol. The van der Waals surface area contributed by atoms with Crippen LogP contribution in [0.1, 0.15) is 57.1 Å². The van der Waals surface area contributed by atoms with E-state index in [4.69, 9.17) is 0 Å². The van der Waals surface area contributed by atoms with Crippen LogP contribution >= 0.6 is 11.7 Å². The second-order valence-electron chi connectivity index (χ2n) is 7.83. The molecule has 1 aromatic heterocycles. The van der Waals surface area contributed by atoms with Gasteiger partial charge in [-0.2, -0.15) is 8.75 Å². The summed E-state index contributed by atoms with van der Waals surface area (Å²) in [5.74, 6) is 1.13. The highest BCUT2D eigenvalue weighted by molar-refractivity contribution is 7.00. The molecule has 3 aromatic carbocycles. The maximum atomic E-state index is 4.63. The van der Waals surface area contributed by atoms with Crippen molar-refractivity contribution in [2.45, 2.75) is 46.0 Å². The Kier molecular flexibility index (Phi) is 5.27. The minimum atomic E-state index is 0.538. The van der Waals surface area contributed by atoms with Gasteiger partial charge >= 0.3 is 0 Å². The lowest BCUT2D eigenvalue weighted by Crippen LogP contribution is -1.91. The van der Waals surface area contributed by atoms with Crippen molar-refractivity contribution >= 4 is 22.8 Å². The largest absolute Gasteiger partial charge is 0.172 e. The van der Waals surface area contributed by atoms with E-state index >= 15 is 0 Å². The van der Waals surface area contributed by atoms with E-state index in [-0.39, 0.29) is 0 Å². The Labute approximate surface area is 171 Å². The van der Waals surface area contributed by atoms with Gasteiger partial charge in [0.2, 0.25) is 0 Å². The molecule has 0 fully saturated rings. The molecule has 1 heterocycles. The molecule has 0 aliphatic rings. The Morgan fingerprint density at radius 2 is 1.14 bits per heavy atom. The van der Waals surface area contributed by atoms with Crippen LogP contribution < -0.4 is 0 Å². The standard InChI is InChI=1S/C25H26N2S/c1-5-17(4)19-8-12-21(13-9-19)23-15-14-22(24-25(23)27-28-26-24)20-10-6-18(7-11-20)16(2)3/h6-17H,5H2,1-4H3. The van der Waals surface area contributed by atoms with Gasteiger partial charge in [0.1, 0.15) is 11.0 Å². The van der Waals surface area contributed by atoms with E-state index in [1.807, 2.05) is 0 Å². The van der Waals surface area contributed by atoms with Crippen LogP contribution in [0.5, 0.6) is 0 Å². The van der Waals surface area contributed by atoms with Gasteiger partial charge in [-0.15, -0.1) is 0 Å². The zero-order chi connectivity index (χ0) is 19.7. The molecule has 28 heavy (non-hydrogen) atoms. The minimum absolute atomic E-state index is 0.538. The van der Waals surface area contributed by atoms with Crippen molar-refractivity contribution in [1.29, 1.82) is 0 Å². The third kappa shape index (κ3) is 3.47. The lowest BCUT2D eigenvalue weighted by atomic mass is 9.93. The van der Waals surface area contributed by atoms with Crippen LogP contribution in [0.2, 0.25) is 0 Å². The lowest BCUT2D eigenvalue weighted by molar-refractivity contribution is 0.734. The summed E-state index contributed by atoms with van der Waals surface area (Å²) in [6, 6.07) is 22.1. The van der Waals surface area contributed by atoms with Gasteiger partial charge in [-0.05, 0) is 40.5 Å². The Morgan fingerprint density at radius 1 is 0.679 bits per heavy atom. The maximum Gasteiger partial charge on any atom is 0.113 e. The molecule has 0 bridgehead atoms. The van der Waals surface area contributed by atoms with Crippen molar-refractivity contribution in [2.75, 3.05) is 0 Å². The van der Waals surface area contributed by atoms with Crippen LogP contribution in [-0.2, 0) is 0 Å². The van der Waals surface area contributed by atoms with Crippen LogP contribution in [0.25, 0.3) is 33.3 Å². The second kappa shape index (κ2) is 7.84. The van der Waals surface area contributed by atoms with Gasteiger partial charge in [0, 0.05) is 11.1 Å². The molecule has 142 valence electrons. The van der Waals surface area contributed by atoms with Gasteiger partial charge in [-0.25, -0.2) is 0 Å². The molecule has 0 N–H and O–H groups in total. The fraction of sp³-hybridized carbons (Fsp3) is 0.280. The molecular weight excluding hydrogens is 360 g/mol. The van der Waals surface area contributed by atoms with Gasteiger partial charge in [0.05, 0.1) is 11.7 Å². The fourth-order valence-electron chi connectivity index (χ4n) is 3.61. The van der Waals surface area contributed by atoms with Gasteiger partial charge < -0.3 is 0 Å². The highest BCUT2D eigenvalue weighted by atomic mass is 32.1. The van der Waals surface area contributed by atoms with Gasteiger partial charge in [0.15, 0.2) is 0 Å². The van der Waals surface area contributed by atoms with Gasteiger partial charge in [-0.1, -0.05) is 88.4 Å². The predicted octanol–water partition coefficient (Wildman–Crippen LogP) is 7.66. The van der Waals surface area contributed by atoms with E-state index in [0.717, 1.165) is 28.6 Å². The van der Waals surface area contributed by atoms with Crippen molar-refractivity contribution in [3.05, 3.63) is 71.8 Å². The molecule has 0 aliphatic heterocycles. The first-order valence-electron chi connectivity index (χ1n) is 10.0. The molecule has 0 radical (unpaired) electrons. The average molecular weight is 387 g/mol. The topological polar surface area (TPSA) is 25.8 Å². The highest BCUT2D eigenvalue weighted by Crippen LogP contribution is 2.35. The van der Waals surface area contributed by atoms with Crippen molar-refractivity contribution in [1.82, 2.24) is 8.75 Å². The number of benzene rings is 3. The van der Waals surface area contributed by atoms with Crippen molar-refractivity contribution in [2.24, 2.45) is 0 Å². The number of rotatable bonds is 5. The molecule has 0 aliphatic carbocycles. The first-order chi connectivity index (χ1) is 13.6. The van der Waals surface area contributed by atoms with Crippen molar-refractivity contribution in [3.63, 3.8) is 0 Å². The summed E-state index contributed by atoms with van der Waals surface area (Å²) in [5.41, 5.74) is 9.43. The SMILES string of the molecule is CCC(C)c1ccc(-c2ccc(-c3ccc(C(C)C)cc3)c3nsnc23)cc1. The summed E-state index contributed by atoms with van der Waals surface area (Å²) in [5, 5.41) is 0. The predicted molar refractivity (Wildman–Crippen MR) is 121 cm³/mol. The van der Waals surface area contributed by atoms with E-state index in [2.05, 4.69) is 97.1 Å². The quantitative estimate of drug-likeness (QED) is 0.352. The van der Waals surface area contributed by atoms with Crippen LogP contribution in [0.3, 0.4) is 0 Å². The number of nitrogens with zero attached hydrogens (tertiary/aromatic N) is 2. The van der Waals surface area contributed by atoms with Crippen molar-refractivity contribution < 1.29 is 0 Å². The molecule has 3 heteroatoms. The molecule has 1 unspecified atom stereocenters. The Morgan fingerprint density at radius 3 is 1.57 bits per heavy atom. The number of hydrogen-bond donors (Lipinski definition) is 0. The Hall–Kier alpha value is -2.52. The summed E-state index contributed by atoms with van der Waals surface area (Å²) < 4.78 is 9.26. The molecule has 4 rings (SSSR count). The molecule has 0 amide bonds. The Balaban J connectivity index is 1.75. The van der Waals surface area contributed by atoms with Crippen LogP contribution in [0.4, 0.5) is 0 Å². The van der Waals surface area contributed by atoms with E-state index in [1.165, 1.54) is 34.0 Å². The van der Waals surface area contributed by atoms with Crippen LogP contribution in [0, 0.1) is 0 Å². The molecule has 2 nitrogen and oxygen atoms in total. The highest BCUT2D eigenvalue weighted by Gasteiger charge is 2.14. The third-order valence-corrected chi connectivity index (χ3v) is 6.24. The van der Waals surface area contributed by atoms with Gasteiger partial charge in [0.25, 0.3) is 0 Å². The normalized spacial score (nSPS) is 12.6. The van der Waals surface area contributed by atoms with Crippen molar-refractivity contribution in [3.8, 4) is 22.3 Å². The molecule has 1 atom stereocenters.